The first-order valence-electron chi connectivity index (χ1n) is 11.1. The molecule has 6 nitrogen and oxygen atoms in total. The van der Waals surface area contributed by atoms with Crippen LogP contribution in [0.1, 0.15) is 46.7 Å². The van der Waals surface area contributed by atoms with Crippen LogP contribution in [-0.2, 0) is 17.6 Å². The van der Waals surface area contributed by atoms with Gasteiger partial charge in [0.1, 0.15) is 5.82 Å². The first-order valence-corrected chi connectivity index (χ1v) is 11.1. The number of esters is 1. The minimum absolute atomic E-state index is 0.110. The Bertz CT molecular complexity index is 1330. The first kappa shape index (κ1) is 22.4. The van der Waals surface area contributed by atoms with Crippen molar-refractivity contribution in [1.82, 2.24) is 9.55 Å². The third kappa shape index (κ3) is 4.56. The van der Waals surface area contributed by atoms with Crippen molar-refractivity contribution in [2.45, 2.75) is 32.2 Å². The van der Waals surface area contributed by atoms with Gasteiger partial charge in [0.25, 0.3) is 5.56 Å². The number of fused-ring (bicyclic) bond motifs is 1. The molecule has 0 amide bonds. The van der Waals surface area contributed by atoms with Gasteiger partial charge in [0.2, 0.25) is 0 Å². The zero-order valence-corrected chi connectivity index (χ0v) is 18.8. The second-order valence-corrected chi connectivity index (χ2v) is 7.96. The summed E-state index contributed by atoms with van der Waals surface area (Å²) in [5.41, 5.74) is 10.2. The lowest BCUT2D eigenvalue weighted by molar-refractivity contribution is 0.0600. The van der Waals surface area contributed by atoms with Gasteiger partial charge in [-0.2, -0.15) is 0 Å². The predicted molar refractivity (Wildman–Crippen MR) is 130 cm³/mol. The summed E-state index contributed by atoms with van der Waals surface area (Å²) in [7, 11) is 1.37. The molecule has 2 N–H and O–H groups in total. The maximum absolute atomic E-state index is 13.8. The molecule has 0 aliphatic carbocycles. The number of benzene rings is 3. The zero-order chi connectivity index (χ0) is 23.4. The molecule has 1 atom stereocenters. The lowest BCUT2D eigenvalue weighted by Gasteiger charge is -2.18. The number of nitrogens with zero attached hydrogens (tertiary/aromatic N) is 2. The topological polar surface area (TPSA) is 87.2 Å². The van der Waals surface area contributed by atoms with Crippen LogP contribution in [-0.4, -0.2) is 22.6 Å². The van der Waals surface area contributed by atoms with Crippen LogP contribution in [0.5, 0.6) is 0 Å². The Hall–Kier alpha value is -3.77. The number of carbonyl (C=O) groups is 1. The normalized spacial score (nSPS) is 12.0. The number of rotatable bonds is 7. The van der Waals surface area contributed by atoms with Gasteiger partial charge >= 0.3 is 5.97 Å². The highest BCUT2D eigenvalue weighted by molar-refractivity contribution is 5.89. The van der Waals surface area contributed by atoms with E-state index >= 15 is 0 Å². The van der Waals surface area contributed by atoms with Crippen LogP contribution in [0.25, 0.3) is 16.6 Å². The van der Waals surface area contributed by atoms with Crippen LogP contribution in [0, 0.1) is 0 Å². The van der Waals surface area contributed by atoms with Gasteiger partial charge in [0, 0.05) is 0 Å². The van der Waals surface area contributed by atoms with Crippen molar-refractivity contribution < 1.29 is 9.53 Å². The minimum Gasteiger partial charge on any atom is -0.465 e. The number of ether oxygens (including phenoxy) is 1. The van der Waals surface area contributed by atoms with Crippen molar-refractivity contribution in [3.05, 3.63) is 106 Å². The molecule has 0 saturated carbocycles. The van der Waals surface area contributed by atoms with Crippen molar-refractivity contribution in [3.8, 4) is 5.69 Å². The molecule has 0 aliphatic heterocycles. The molecule has 0 aliphatic rings. The summed E-state index contributed by atoms with van der Waals surface area (Å²) in [5, 5.41) is 0.611. The van der Waals surface area contributed by atoms with E-state index in [1.165, 1.54) is 7.11 Å². The Balaban J connectivity index is 1.76. The molecule has 168 valence electrons. The van der Waals surface area contributed by atoms with Gasteiger partial charge in [-0.1, -0.05) is 49.4 Å². The Kier molecular flexibility index (Phi) is 6.66. The molecule has 6 heteroatoms. The van der Waals surface area contributed by atoms with Crippen molar-refractivity contribution in [2.75, 3.05) is 7.11 Å². The predicted octanol–water partition coefficient (Wildman–Crippen LogP) is 4.37. The van der Waals surface area contributed by atoms with E-state index in [1.807, 2.05) is 67.6 Å². The van der Waals surface area contributed by atoms with Crippen LogP contribution in [0.2, 0.25) is 0 Å². The number of nitrogens with two attached hydrogens (primary N) is 1. The van der Waals surface area contributed by atoms with E-state index in [2.05, 4.69) is 0 Å². The van der Waals surface area contributed by atoms with E-state index in [0.29, 0.717) is 35.1 Å². The first-order chi connectivity index (χ1) is 16.0. The molecular formula is C27H27N3O3. The van der Waals surface area contributed by atoms with Crippen molar-refractivity contribution in [1.29, 1.82) is 0 Å². The monoisotopic (exact) mass is 441 g/mol. The summed E-state index contributed by atoms with van der Waals surface area (Å²) in [6.07, 6.45) is 2.06. The number of aryl methyl sites for hydroxylation is 2. The zero-order valence-electron chi connectivity index (χ0n) is 18.8. The van der Waals surface area contributed by atoms with Gasteiger partial charge in [0.05, 0.1) is 35.3 Å². The van der Waals surface area contributed by atoms with E-state index in [4.69, 9.17) is 15.5 Å². The molecule has 0 spiro atoms. The maximum Gasteiger partial charge on any atom is 0.337 e. The summed E-state index contributed by atoms with van der Waals surface area (Å²) >= 11 is 0. The molecule has 0 bridgehead atoms. The maximum atomic E-state index is 13.8. The summed E-state index contributed by atoms with van der Waals surface area (Å²) < 4.78 is 6.40. The van der Waals surface area contributed by atoms with E-state index < -0.39 is 0 Å². The van der Waals surface area contributed by atoms with Crippen molar-refractivity contribution in [3.63, 3.8) is 0 Å². The fourth-order valence-corrected chi connectivity index (χ4v) is 3.99. The van der Waals surface area contributed by atoms with Crippen LogP contribution < -0.4 is 11.3 Å². The number of hydrogen-bond acceptors (Lipinski definition) is 5. The molecule has 3 aromatic carbocycles. The molecule has 1 unspecified atom stereocenters. The fraction of sp³-hybridized carbons (Fsp3) is 0.222. The number of hydrogen-bond donors (Lipinski definition) is 1. The molecule has 4 rings (SSSR count). The van der Waals surface area contributed by atoms with Gasteiger partial charge in [0.15, 0.2) is 0 Å². The Morgan fingerprint density at radius 3 is 2.39 bits per heavy atom. The average Bonchev–Trinajstić information content (AvgIpc) is 2.87. The summed E-state index contributed by atoms with van der Waals surface area (Å²) in [6, 6.07) is 22.3. The number of carbonyl (C=O) groups excluding carboxylic acids is 1. The van der Waals surface area contributed by atoms with Gasteiger partial charge in [-0.3, -0.25) is 9.36 Å². The second kappa shape index (κ2) is 9.79. The third-order valence-electron chi connectivity index (χ3n) is 5.85. The quantitative estimate of drug-likeness (QED) is 0.431. The van der Waals surface area contributed by atoms with Gasteiger partial charge in [-0.15, -0.1) is 0 Å². The van der Waals surface area contributed by atoms with Crippen molar-refractivity contribution in [2.24, 2.45) is 5.73 Å². The Labute approximate surface area is 192 Å². The standard InChI is InChI=1S/C27H27N3O3/c1-3-22(28)25-29-23-11-7-8-19(15-12-18-13-16-20(17-14-18)27(32)33-2)24(23)26(31)30(25)21-9-5-4-6-10-21/h4-11,13-14,16-17,22H,3,12,15,28H2,1-2H3. The van der Waals surface area contributed by atoms with E-state index in [-0.39, 0.29) is 17.6 Å². The van der Waals surface area contributed by atoms with Crippen LogP contribution in [0.15, 0.2) is 77.6 Å². The SMILES string of the molecule is CCC(N)c1nc2cccc(CCc3ccc(C(=O)OC)cc3)c2c(=O)n1-c1ccccc1. The largest absolute Gasteiger partial charge is 0.465 e. The highest BCUT2D eigenvalue weighted by Crippen LogP contribution is 2.22. The number of para-hydroxylation sites is 1. The summed E-state index contributed by atoms with van der Waals surface area (Å²) in [4.78, 5) is 30.3. The third-order valence-corrected chi connectivity index (χ3v) is 5.85. The van der Waals surface area contributed by atoms with E-state index in [9.17, 15) is 9.59 Å². The molecule has 4 aromatic rings. The molecule has 1 aromatic heterocycles. The summed E-state index contributed by atoms with van der Waals surface area (Å²) in [5.74, 6) is 0.209. The minimum atomic E-state index is -0.357. The van der Waals surface area contributed by atoms with Gasteiger partial charge in [-0.25, -0.2) is 9.78 Å². The smallest absolute Gasteiger partial charge is 0.337 e. The number of aromatic nitrogens is 2. The molecular weight excluding hydrogens is 414 g/mol. The van der Waals surface area contributed by atoms with E-state index in [0.717, 1.165) is 23.2 Å². The van der Waals surface area contributed by atoms with Crippen molar-refractivity contribution >= 4 is 16.9 Å². The van der Waals surface area contributed by atoms with Gasteiger partial charge in [-0.05, 0) is 60.7 Å². The van der Waals surface area contributed by atoms with Crippen LogP contribution in [0.4, 0.5) is 0 Å². The Morgan fingerprint density at radius 2 is 1.73 bits per heavy atom. The van der Waals surface area contributed by atoms with Crippen LogP contribution in [0.3, 0.4) is 0 Å². The van der Waals surface area contributed by atoms with Gasteiger partial charge < -0.3 is 10.5 Å². The summed E-state index contributed by atoms with van der Waals surface area (Å²) in [6.45, 7) is 1.98. The Morgan fingerprint density at radius 1 is 1.00 bits per heavy atom. The molecule has 0 saturated heterocycles. The second-order valence-electron chi connectivity index (χ2n) is 7.96. The lowest BCUT2D eigenvalue weighted by atomic mass is 10.00. The molecule has 0 radical (unpaired) electrons. The molecule has 1 heterocycles. The fourth-order valence-electron chi connectivity index (χ4n) is 3.99. The van der Waals surface area contributed by atoms with Crippen LogP contribution >= 0.6 is 0 Å². The lowest BCUT2D eigenvalue weighted by Crippen LogP contribution is -2.29. The molecule has 0 fully saturated rings. The molecule has 33 heavy (non-hydrogen) atoms. The average molecular weight is 442 g/mol. The highest BCUT2D eigenvalue weighted by atomic mass is 16.5. The number of methoxy groups -OCH3 is 1. The van der Waals surface area contributed by atoms with E-state index in [1.54, 1.807) is 16.7 Å². The highest BCUT2D eigenvalue weighted by Gasteiger charge is 2.19.